The van der Waals surface area contributed by atoms with Gasteiger partial charge in [0, 0.05) is 7.05 Å². The van der Waals surface area contributed by atoms with Crippen LogP contribution in [0.1, 0.15) is 25.3 Å². The second-order valence-electron chi connectivity index (χ2n) is 4.31. The number of unbranched alkanes of at least 4 members (excludes halogenated alkanes) is 1. The molecule has 0 spiro atoms. The van der Waals surface area contributed by atoms with Gasteiger partial charge in [-0.05, 0) is 42.1 Å². The topological polar surface area (TPSA) is 59.9 Å². The fourth-order valence-corrected chi connectivity index (χ4v) is 1.85. The maximum Gasteiger partial charge on any atom is 0.328 e. The second kappa shape index (κ2) is 7.05. The molecule has 0 amide bonds. The van der Waals surface area contributed by atoms with Crippen LogP contribution in [0.3, 0.4) is 0 Å². The number of hydrogen-bond donors (Lipinski definition) is 1. The molecule has 0 unspecified atom stereocenters. The predicted molar refractivity (Wildman–Crippen MR) is 79.5 cm³/mol. The quantitative estimate of drug-likeness (QED) is 0.879. The average Bonchev–Trinajstić information content (AvgIpc) is 2.46. The third-order valence-electron chi connectivity index (χ3n) is 2.76. The zero-order valence-electron chi connectivity index (χ0n) is 11.6. The molecule has 0 atom stereocenters. The molecule has 20 heavy (non-hydrogen) atoms. The molecule has 2 rings (SSSR count). The monoisotopic (exact) mass is 292 g/mol. The highest BCUT2D eigenvalue weighted by atomic mass is 35.5. The molecule has 0 fully saturated rings. The summed E-state index contributed by atoms with van der Waals surface area (Å²) in [5.74, 6) is 1.05. The number of rotatable bonds is 6. The summed E-state index contributed by atoms with van der Waals surface area (Å²) < 4.78 is 5.57. The summed E-state index contributed by atoms with van der Waals surface area (Å²) in [6.07, 6.45) is 3.46. The molecular weight excluding hydrogens is 276 g/mol. The van der Waals surface area contributed by atoms with Crippen molar-refractivity contribution in [2.75, 3.05) is 12.4 Å². The van der Waals surface area contributed by atoms with Crippen LogP contribution in [0.4, 0.5) is 5.95 Å². The van der Waals surface area contributed by atoms with Crippen molar-refractivity contribution < 1.29 is 4.74 Å². The van der Waals surface area contributed by atoms with Crippen LogP contribution in [0.15, 0.2) is 24.3 Å². The molecule has 0 aliphatic carbocycles. The summed E-state index contributed by atoms with van der Waals surface area (Å²) in [6, 6.07) is 8.08. The number of halogens is 1. The van der Waals surface area contributed by atoms with Gasteiger partial charge < -0.3 is 10.1 Å². The zero-order valence-corrected chi connectivity index (χ0v) is 12.3. The average molecular weight is 293 g/mol. The van der Waals surface area contributed by atoms with Crippen LogP contribution in [0.5, 0.6) is 11.8 Å². The maximum absolute atomic E-state index is 5.80. The smallest absolute Gasteiger partial charge is 0.328 e. The first-order valence-corrected chi connectivity index (χ1v) is 6.95. The van der Waals surface area contributed by atoms with Gasteiger partial charge in [0.1, 0.15) is 5.75 Å². The standard InChI is InChI=1S/C14H17ClN4O/c1-3-4-5-10-6-8-11(9-7-10)20-14-18-12(15)17-13(16-2)19-14/h6-9H,3-5H2,1-2H3,(H,16,17,18,19). The summed E-state index contributed by atoms with van der Waals surface area (Å²) in [7, 11) is 1.71. The molecule has 5 nitrogen and oxygen atoms in total. The molecule has 6 heteroatoms. The Hall–Kier alpha value is -1.88. The van der Waals surface area contributed by atoms with E-state index in [1.165, 1.54) is 18.4 Å². The SMILES string of the molecule is CCCCc1ccc(Oc2nc(Cl)nc(NC)n2)cc1. The number of hydrogen-bond acceptors (Lipinski definition) is 5. The molecule has 0 bridgehead atoms. The molecule has 106 valence electrons. The lowest BCUT2D eigenvalue weighted by Crippen LogP contribution is -2.01. The Kier molecular flexibility index (Phi) is 5.12. The number of benzene rings is 1. The van der Waals surface area contributed by atoms with Crippen molar-refractivity contribution in [2.45, 2.75) is 26.2 Å². The van der Waals surface area contributed by atoms with E-state index in [1.54, 1.807) is 7.05 Å². The Balaban J connectivity index is 2.07. The number of aromatic nitrogens is 3. The van der Waals surface area contributed by atoms with Gasteiger partial charge >= 0.3 is 6.01 Å². The number of nitrogens with zero attached hydrogens (tertiary/aromatic N) is 3. The zero-order chi connectivity index (χ0) is 14.4. The van der Waals surface area contributed by atoms with Crippen LogP contribution < -0.4 is 10.1 Å². The molecule has 0 saturated heterocycles. The normalized spacial score (nSPS) is 10.3. The van der Waals surface area contributed by atoms with Gasteiger partial charge in [-0.25, -0.2) is 0 Å². The van der Waals surface area contributed by atoms with Crippen molar-refractivity contribution in [1.82, 2.24) is 15.0 Å². The van der Waals surface area contributed by atoms with E-state index in [0.717, 1.165) is 6.42 Å². The van der Waals surface area contributed by atoms with Gasteiger partial charge in [0.25, 0.3) is 0 Å². The number of anilines is 1. The van der Waals surface area contributed by atoms with E-state index < -0.39 is 0 Å². The van der Waals surface area contributed by atoms with Gasteiger partial charge in [0.15, 0.2) is 0 Å². The lowest BCUT2D eigenvalue weighted by molar-refractivity contribution is 0.440. The Morgan fingerprint density at radius 1 is 1.15 bits per heavy atom. The van der Waals surface area contributed by atoms with Crippen LogP contribution in [0, 0.1) is 0 Å². The number of aryl methyl sites for hydroxylation is 1. The molecule has 1 aromatic heterocycles. The molecular formula is C14H17ClN4O. The van der Waals surface area contributed by atoms with Crippen molar-refractivity contribution in [3.05, 3.63) is 35.1 Å². The maximum atomic E-state index is 5.80. The first-order chi connectivity index (χ1) is 9.71. The van der Waals surface area contributed by atoms with Crippen LogP contribution in [-0.2, 0) is 6.42 Å². The van der Waals surface area contributed by atoms with Crippen LogP contribution in [0.2, 0.25) is 5.28 Å². The van der Waals surface area contributed by atoms with Gasteiger partial charge in [-0.3, -0.25) is 0 Å². The van der Waals surface area contributed by atoms with Crippen molar-refractivity contribution in [3.8, 4) is 11.8 Å². The highest BCUT2D eigenvalue weighted by Crippen LogP contribution is 2.20. The van der Waals surface area contributed by atoms with Crippen LogP contribution in [0.25, 0.3) is 0 Å². The largest absolute Gasteiger partial charge is 0.424 e. The summed E-state index contributed by atoms with van der Waals surface area (Å²) in [5, 5.41) is 2.90. The fourth-order valence-electron chi connectivity index (χ4n) is 1.70. The van der Waals surface area contributed by atoms with Gasteiger partial charge in [-0.15, -0.1) is 0 Å². The molecule has 0 aliphatic rings. The Labute approximate surface area is 123 Å². The molecule has 0 saturated carbocycles. The summed E-state index contributed by atoms with van der Waals surface area (Å²) in [6.45, 7) is 2.18. The van der Waals surface area contributed by atoms with E-state index in [1.807, 2.05) is 24.3 Å². The van der Waals surface area contributed by atoms with Gasteiger partial charge in [-0.1, -0.05) is 25.5 Å². The first-order valence-electron chi connectivity index (χ1n) is 6.57. The molecule has 2 aromatic rings. The van der Waals surface area contributed by atoms with Crippen molar-refractivity contribution in [1.29, 1.82) is 0 Å². The van der Waals surface area contributed by atoms with Crippen LogP contribution >= 0.6 is 11.6 Å². The van der Waals surface area contributed by atoms with E-state index in [9.17, 15) is 0 Å². The van der Waals surface area contributed by atoms with E-state index >= 15 is 0 Å². The lowest BCUT2D eigenvalue weighted by atomic mass is 10.1. The van der Waals surface area contributed by atoms with Crippen LogP contribution in [-0.4, -0.2) is 22.0 Å². The van der Waals surface area contributed by atoms with Gasteiger partial charge in [-0.2, -0.15) is 15.0 Å². The molecule has 1 N–H and O–H groups in total. The molecule has 0 aliphatic heterocycles. The number of nitrogens with one attached hydrogen (secondary N) is 1. The van der Waals surface area contributed by atoms with Gasteiger partial charge in [0.2, 0.25) is 11.2 Å². The Morgan fingerprint density at radius 3 is 2.55 bits per heavy atom. The molecule has 1 heterocycles. The lowest BCUT2D eigenvalue weighted by Gasteiger charge is -2.06. The Bertz CT molecular complexity index is 560. The molecule has 1 aromatic carbocycles. The summed E-state index contributed by atoms with van der Waals surface area (Å²) in [4.78, 5) is 11.9. The Morgan fingerprint density at radius 2 is 1.90 bits per heavy atom. The summed E-state index contributed by atoms with van der Waals surface area (Å²) >= 11 is 5.80. The van der Waals surface area contributed by atoms with E-state index in [2.05, 4.69) is 27.2 Å². The van der Waals surface area contributed by atoms with Gasteiger partial charge in [0.05, 0.1) is 0 Å². The fraction of sp³-hybridized carbons (Fsp3) is 0.357. The highest BCUT2D eigenvalue weighted by molar-refractivity contribution is 6.28. The van der Waals surface area contributed by atoms with Crippen molar-refractivity contribution in [3.63, 3.8) is 0 Å². The third kappa shape index (κ3) is 4.06. The first kappa shape index (κ1) is 14.5. The highest BCUT2D eigenvalue weighted by Gasteiger charge is 2.06. The summed E-state index contributed by atoms with van der Waals surface area (Å²) in [5.41, 5.74) is 1.30. The second-order valence-corrected chi connectivity index (χ2v) is 4.65. The van der Waals surface area contributed by atoms with E-state index in [-0.39, 0.29) is 11.3 Å². The molecule has 0 radical (unpaired) electrons. The number of ether oxygens (including phenoxy) is 1. The predicted octanol–water partition coefficient (Wildman–Crippen LogP) is 3.70. The third-order valence-corrected chi connectivity index (χ3v) is 2.93. The van der Waals surface area contributed by atoms with E-state index in [0.29, 0.717) is 11.7 Å². The minimum atomic E-state index is 0.0962. The van der Waals surface area contributed by atoms with Crippen molar-refractivity contribution >= 4 is 17.5 Å². The minimum Gasteiger partial charge on any atom is -0.424 e. The van der Waals surface area contributed by atoms with Crippen molar-refractivity contribution in [2.24, 2.45) is 0 Å². The minimum absolute atomic E-state index is 0.0962. The van der Waals surface area contributed by atoms with E-state index in [4.69, 9.17) is 16.3 Å².